The number of aryl methyl sites for hydroxylation is 1. The summed E-state index contributed by atoms with van der Waals surface area (Å²) >= 11 is 6.15. The number of likely N-dealkylation sites (N-methyl/N-ethyl adjacent to an activating group) is 1. The summed E-state index contributed by atoms with van der Waals surface area (Å²) < 4.78 is 0. The second-order valence-corrected chi connectivity index (χ2v) is 13.4. The highest BCUT2D eigenvalue weighted by Gasteiger charge is 2.32. The lowest BCUT2D eigenvalue weighted by Gasteiger charge is -2.40. The summed E-state index contributed by atoms with van der Waals surface area (Å²) in [5.41, 5.74) is 7.71. The average Bonchev–Trinajstić information content (AvgIpc) is 3.09. The number of benzene rings is 3. The fourth-order valence-electron chi connectivity index (χ4n) is 7.76. The molecule has 0 bridgehead atoms. The van der Waals surface area contributed by atoms with Crippen LogP contribution in [0.5, 0.6) is 0 Å². The van der Waals surface area contributed by atoms with Gasteiger partial charge < -0.3 is 25.3 Å². The van der Waals surface area contributed by atoms with Crippen molar-refractivity contribution >= 4 is 29.1 Å². The van der Waals surface area contributed by atoms with Crippen LogP contribution < -0.4 is 15.5 Å². The Morgan fingerprint density at radius 3 is 2.43 bits per heavy atom. The second-order valence-electron chi connectivity index (χ2n) is 13.0. The maximum atomic E-state index is 14.1. The van der Waals surface area contributed by atoms with Crippen molar-refractivity contribution in [2.75, 3.05) is 50.7 Å². The lowest BCUT2D eigenvalue weighted by Crippen LogP contribution is -2.56. The van der Waals surface area contributed by atoms with Crippen LogP contribution in [0.3, 0.4) is 0 Å². The van der Waals surface area contributed by atoms with Gasteiger partial charge in [0.25, 0.3) is 0 Å². The molecule has 1 saturated heterocycles. The lowest BCUT2D eigenvalue weighted by molar-refractivity contribution is -0.136. The fraction of sp³-hybridized carbons (Fsp3) is 0.474. The highest BCUT2D eigenvalue weighted by Crippen LogP contribution is 2.33. The van der Waals surface area contributed by atoms with Crippen LogP contribution >= 0.6 is 11.6 Å². The number of nitrogens with one attached hydrogen (secondary N) is 2. The van der Waals surface area contributed by atoms with Crippen LogP contribution in [0.2, 0.25) is 5.02 Å². The minimum absolute atomic E-state index is 0.0170. The first-order valence-electron chi connectivity index (χ1n) is 17.2. The van der Waals surface area contributed by atoms with E-state index in [1.807, 2.05) is 35.2 Å². The highest BCUT2D eigenvalue weighted by atomic mass is 35.5. The van der Waals surface area contributed by atoms with Gasteiger partial charge in [0, 0.05) is 61.8 Å². The largest absolute Gasteiger partial charge is 0.368 e. The Morgan fingerprint density at radius 2 is 1.67 bits per heavy atom. The van der Waals surface area contributed by atoms with Crippen molar-refractivity contribution < 1.29 is 9.59 Å². The second kappa shape index (κ2) is 15.0. The highest BCUT2D eigenvalue weighted by molar-refractivity contribution is 6.30. The predicted octanol–water partition coefficient (Wildman–Crippen LogP) is 5.19. The third-order valence-corrected chi connectivity index (χ3v) is 10.5. The van der Waals surface area contributed by atoms with E-state index in [0.29, 0.717) is 37.0 Å². The monoisotopic (exact) mass is 641 g/mol. The van der Waals surface area contributed by atoms with Gasteiger partial charge in [-0.25, -0.2) is 0 Å². The zero-order valence-corrected chi connectivity index (χ0v) is 28.1. The standard InChI is InChI=1S/C38H48ClN5O2/c1-3-42(4-2)31-17-14-28-9-7-11-36(33(28)25-31)43-20-22-44(23-21-43)38(46)35(24-27-12-15-30(39)16-13-27)41-37(45)26-34-32-10-6-5-8-29(32)18-19-40-34/h5-13,15-16,31,34-35,40H,3-4,14,17-26H2,1-2H3,(H,41,45). The fourth-order valence-corrected chi connectivity index (χ4v) is 7.88. The Labute approximate surface area is 279 Å². The normalized spacial score (nSPS) is 20.2. The smallest absolute Gasteiger partial charge is 0.245 e. The summed E-state index contributed by atoms with van der Waals surface area (Å²) in [6.07, 6.45) is 5.10. The van der Waals surface area contributed by atoms with E-state index < -0.39 is 6.04 Å². The summed E-state index contributed by atoms with van der Waals surface area (Å²) in [7, 11) is 0. The molecule has 2 aliphatic heterocycles. The van der Waals surface area contributed by atoms with Crippen molar-refractivity contribution in [3.8, 4) is 0 Å². The van der Waals surface area contributed by atoms with Crippen molar-refractivity contribution in [2.45, 2.75) is 70.5 Å². The molecule has 1 fully saturated rings. The van der Waals surface area contributed by atoms with Gasteiger partial charge in [-0.2, -0.15) is 0 Å². The molecule has 0 saturated carbocycles. The maximum Gasteiger partial charge on any atom is 0.245 e. The zero-order valence-electron chi connectivity index (χ0n) is 27.3. The van der Waals surface area contributed by atoms with Gasteiger partial charge in [-0.05, 0) is 91.3 Å². The van der Waals surface area contributed by atoms with E-state index in [1.54, 1.807) is 0 Å². The molecule has 0 radical (unpaired) electrons. The number of nitrogens with zero attached hydrogens (tertiary/aromatic N) is 3. The van der Waals surface area contributed by atoms with E-state index in [1.165, 1.54) is 34.4 Å². The Kier molecular flexibility index (Phi) is 10.6. The molecular formula is C38H48ClN5O2. The van der Waals surface area contributed by atoms with Gasteiger partial charge in [-0.15, -0.1) is 0 Å². The van der Waals surface area contributed by atoms with Gasteiger partial charge >= 0.3 is 0 Å². The number of piperazine rings is 1. The first kappa shape index (κ1) is 32.5. The Balaban J connectivity index is 1.13. The Hall–Kier alpha value is -3.39. The quantitative estimate of drug-likeness (QED) is 0.319. The van der Waals surface area contributed by atoms with Crippen molar-refractivity contribution in [3.05, 3.63) is 99.6 Å². The number of anilines is 1. The molecule has 3 atom stereocenters. The third-order valence-electron chi connectivity index (χ3n) is 10.3. The van der Waals surface area contributed by atoms with Crippen molar-refractivity contribution in [1.82, 2.24) is 20.4 Å². The molecule has 2 amide bonds. The third kappa shape index (κ3) is 7.43. The molecule has 1 aliphatic carbocycles. The molecule has 3 aliphatic rings. The molecule has 6 rings (SSSR count). The topological polar surface area (TPSA) is 67.9 Å². The lowest BCUT2D eigenvalue weighted by atomic mass is 9.86. The van der Waals surface area contributed by atoms with Crippen LogP contribution in [0, 0.1) is 0 Å². The minimum atomic E-state index is -0.640. The molecule has 0 spiro atoms. The van der Waals surface area contributed by atoms with Gasteiger partial charge in [0.05, 0.1) is 0 Å². The number of rotatable bonds is 10. The summed E-state index contributed by atoms with van der Waals surface area (Å²) in [6.45, 7) is 10.3. The van der Waals surface area contributed by atoms with E-state index in [4.69, 9.17) is 11.6 Å². The number of halogens is 1. The number of hydrogen-bond donors (Lipinski definition) is 2. The number of fused-ring (bicyclic) bond motifs is 2. The summed E-state index contributed by atoms with van der Waals surface area (Å²) in [5, 5.41) is 7.30. The van der Waals surface area contributed by atoms with Crippen molar-refractivity contribution in [3.63, 3.8) is 0 Å². The SMILES string of the molecule is CCN(CC)C1CCc2cccc(N3CCN(C(=O)C(Cc4ccc(Cl)cc4)NC(=O)CC4NCCc5ccccc54)CC3)c2C1. The van der Waals surface area contributed by atoms with Crippen LogP contribution in [-0.2, 0) is 35.3 Å². The first-order valence-corrected chi connectivity index (χ1v) is 17.5. The van der Waals surface area contributed by atoms with E-state index in [0.717, 1.165) is 57.5 Å². The van der Waals surface area contributed by atoms with Crippen LogP contribution in [-0.4, -0.2) is 79.5 Å². The number of carbonyl (C=O) groups excluding carboxylic acids is 2. The molecule has 0 aromatic heterocycles. The van der Waals surface area contributed by atoms with Crippen molar-refractivity contribution in [2.24, 2.45) is 0 Å². The molecule has 46 heavy (non-hydrogen) atoms. The molecular weight excluding hydrogens is 594 g/mol. The van der Waals surface area contributed by atoms with Gasteiger partial charge in [-0.1, -0.05) is 74.0 Å². The van der Waals surface area contributed by atoms with Crippen LogP contribution in [0.25, 0.3) is 0 Å². The van der Waals surface area contributed by atoms with Crippen LogP contribution in [0.4, 0.5) is 5.69 Å². The van der Waals surface area contributed by atoms with E-state index in [-0.39, 0.29) is 17.9 Å². The number of amides is 2. The van der Waals surface area contributed by atoms with Crippen LogP contribution in [0.15, 0.2) is 66.7 Å². The number of carbonyl (C=O) groups is 2. The van der Waals surface area contributed by atoms with Gasteiger partial charge in [0.15, 0.2) is 0 Å². The molecule has 3 aromatic rings. The molecule has 2 N–H and O–H groups in total. The number of hydrogen-bond acceptors (Lipinski definition) is 5. The zero-order chi connectivity index (χ0) is 32.0. The van der Waals surface area contributed by atoms with Gasteiger partial charge in [0.1, 0.15) is 6.04 Å². The summed E-state index contributed by atoms with van der Waals surface area (Å²) in [5.74, 6) is -0.129. The molecule has 7 nitrogen and oxygen atoms in total. The molecule has 244 valence electrons. The molecule has 3 unspecified atom stereocenters. The van der Waals surface area contributed by atoms with E-state index in [9.17, 15) is 9.59 Å². The Bertz CT molecular complexity index is 1500. The van der Waals surface area contributed by atoms with Gasteiger partial charge in [0.2, 0.25) is 11.8 Å². The Morgan fingerprint density at radius 1 is 0.935 bits per heavy atom. The molecule has 2 heterocycles. The van der Waals surface area contributed by atoms with Crippen molar-refractivity contribution in [1.29, 1.82) is 0 Å². The first-order chi connectivity index (χ1) is 22.4. The van der Waals surface area contributed by atoms with Crippen LogP contribution in [0.1, 0.15) is 60.5 Å². The van der Waals surface area contributed by atoms with E-state index >= 15 is 0 Å². The minimum Gasteiger partial charge on any atom is -0.368 e. The molecule has 8 heteroatoms. The molecule has 3 aromatic carbocycles. The van der Waals surface area contributed by atoms with Gasteiger partial charge in [-0.3, -0.25) is 9.59 Å². The summed E-state index contributed by atoms with van der Waals surface area (Å²) in [6, 6.07) is 22.5. The maximum absolute atomic E-state index is 14.1. The van der Waals surface area contributed by atoms with E-state index in [2.05, 4.69) is 70.7 Å². The average molecular weight is 642 g/mol. The summed E-state index contributed by atoms with van der Waals surface area (Å²) in [4.78, 5) is 34.6. The predicted molar refractivity (Wildman–Crippen MR) is 187 cm³/mol.